The number of carbonyl (C=O) groups excluding carboxylic acids is 1. The quantitative estimate of drug-likeness (QED) is 0.541. The molecule has 136 valence electrons. The van der Waals surface area contributed by atoms with E-state index in [9.17, 15) is 19.3 Å². The van der Waals surface area contributed by atoms with E-state index in [1.165, 1.54) is 6.92 Å². The molecule has 0 aliphatic carbocycles. The molecule has 1 saturated heterocycles. The van der Waals surface area contributed by atoms with Crippen molar-refractivity contribution < 1.29 is 19.3 Å². The Kier molecular flexibility index (Phi) is 6.44. The van der Waals surface area contributed by atoms with Crippen molar-refractivity contribution in [1.29, 1.82) is 0 Å². The molecule has 1 fully saturated rings. The van der Waals surface area contributed by atoms with Crippen LogP contribution in [0.1, 0.15) is 32.3 Å². The highest BCUT2D eigenvalue weighted by Gasteiger charge is 2.67. The topological polar surface area (TPSA) is 101 Å². The van der Waals surface area contributed by atoms with Gasteiger partial charge in [-0.1, -0.05) is 41.8 Å². The third-order valence-electron chi connectivity index (χ3n) is 4.79. The van der Waals surface area contributed by atoms with Gasteiger partial charge in [-0.15, -0.1) is 0 Å². The van der Waals surface area contributed by atoms with E-state index in [4.69, 9.17) is 5.73 Å². The monoisotopic (exact) mass is 365 g/mol. The highest BCUT2D eigenvalue weighted by Crippen LogP contribution is 2.48. The summed E-state index contributed by atoms with van der Waals surface area (Å²) >= 11 is 0. The summed E-state index contributed by atoms with van der Waals surface area (Å²) in [7, 11) is -1.92. The van der Waals surface area contributed by atoms with E-state index in [2.05, 4.69) is 0 Å². The van der Waals surface area contributed by atoms with Crippen LogP contribution < -0.4 is 5.73 Å². The molecule has 1 aliphatic rings. The van der Waals surface area contributed by atoms with E-state index in [1.807, 2.05) is 37.3 Å². The summed E-state index contributed by atoms with van der Waals surface area (Å²) in [5.41, 5.74) is 4.14. The van der Waals surface area contributed by atoms with Crippen LogP contribution in [0.2, 0.25) is 0 Å². The van der Waals surface area contributed by atoms with Gasteiger partial charge in [-0.25, -0.2) is 4.79 Å². The molecule has 1 aromatic rings. The fraction of sp³-hybridized carbons (Fsp3) is 0.556. The van der Waals surface area contributed by atoms with Crippen molar-refractivity contribution >= 4 is 19.6 Å². The van der Waals surface area contributed by atoms with Crippen LogP contribution in [-0.2, 0) is 20.3 Å². The van der Waals surface area contributed by atoms with Gasteiger partial charge >= 0.3 is 13.8 Å². The fourth-order valence-electron chi connectivity index (χ4n) is 3.71. The minimum absolute atomic E-state index is 0.266. The number of benzene rings is 1. The molecular formula is C18H26N2O4P+. The zero-order valence-corrected chi connectivity index (χ0v) is 15.6. The summed E-state index contributed by atoms with van der Waals surface area (Å²) in [5.74, 6) is -1.78. The molecule has 6 nitrogen and oxygen atoms in total. The largest absolute Gasteiger partial charge is 0.479 e. The van der Waals surface area contributed by atoms with Crippen LogP contribution in [0.3, 0.4) is 0 Å². The second-order valence-corrected chi connectivity index (χ2v) is 8.35. The second-order valence-electron chi connectivity index (χ2n) is 6.58. The van der Waals surface area contributed by atoms with Gasteiger partial charge in [0.05, 0.1) is 6.04 Å². The van der Waals surface area contributed by atoms with E-state index in [0.717, 1.165) is 5.56 Å². The van der Waals surface area contributed by atoms with Gasteiger partial charge < -0.3 is 10.8 Å². The Bertz CT molecular complexity index is 650. The smallest absolute Gasteiger partial charge is 0.349 e. The highest BCUT2D eigenvalue weighted by atomic mass is 31.1. The summed E-state index contributed by atoms with van der Waals surface area (Å²) in [6.07, 6.45) is 1.40. The molecule has 3 N–H and O–H groups in total. The number of ketones is 1. The van der Waals surface area contributed by atoms with Crippen LogP contribution in [0.15, 0.2) is 30.3 Å². The summed E-state index contributed by atoms with van der Waals surface area (Å²) < 4.78 is 13.1. The summed E-state index contributed by atoms with van der Waals surface area (Å²) in [5, 5.41) is 10.0. The molecule has 0 spiro atoms. The van der Waals surface area contributed by atoms with Gasteiger partial charge in [0.2, 0.25) is 5.54 Å². The van der Waals surface area contributed by atoms with Gasteiger partial charge in [0.25, 0.3) is 0 Å². The van der Waals surface area contributed by atoms with Crippen LogP contribution in [0.4, 0.5) is 0 Å². The number of aliphatic carboxylic acids is 1. The molecule has 4 atom stereocenters. The first-order valence-corrected chi connectivity index (χ1v) is 10.1. The Labute approximate surface area is 149 Å². The summed E-state index contributed by atoms with van der Waals surface area (Å²) in [6, 6.07) is 8.39. The van der Waals surface area contributed by atoms with E-state index in [1.54, 1.807) is 4.90 Å². The first-order chi connectivity index (χ1) is 11.9. The van der Waals surface area contributed by atoms with Crippen LogP contribution in [0, 0.1) is 0 Å². The van der Waals surface area contributed by atoms with Crippen molar-refractivity contribution in [2.24, 2.45) is 5.73 Å². The number of nitrogens with two attached hydrogens (primary N) is 1. The standard InChI is InChI=1S/C18H25N2O4P/c1-3-10-20-11-9-15(18(20,17(22)23)16(21)13(2)19)25(24)12-14-7-5-4-6-8-14/h4-8,13,15H,3,9-12,19H2,1-2H3/p+1/t13-,15?,18+/m0/s1. The molecule has 0 amide bonds. The molecular weight excluding hydrogens is 339 g/mol. The number of carboxylic acid groups (broad SMARTS) is 1. The lowest BCUT2D eigenvalue weighted by Crippen LogP contribution is -2.65. The van der Waals surface area contributed by atoms with Gasteiger partial charge in [0.15, 0.2) is 17.6 Å². The van der Waals surface area contributed by atoms with Crippen molar-refractivity contribution in [1.82, 2.24) is 4.90 Å². The van der Waals surface area contributed by atoms with Crippen LogP contribution in [0.25, 0.3) is 0 Å². The molecule has 0 aromatic heterocycles. The third kappa shape index (κ3) is 3.66. The fourth-order valence-corrected chi connectivity index (χ4v) is 5.72. The lowest BCUT2D eigenvalue weighted by Gasteiger charge is -2.34. The molecule has 0 saturated carbocycles. The average Bonchev–Trinajstić information content (AvgIpc) is 2.95. The van der Waals surface area contributed by atoms with Gasteiger partial charge in [0.1, 0.15) is 0 Å². The molecule has 2 unspecified atom stereocenters. The number of carbonyl (C=O) groups is 2. The Hall–Kier alpha value is -1.62. The number of hydrogen-bond acceptors (Lipinski definition) is 5. The Morgan fingerprint density at radius 3 is 2.56 bits per heavy atom. The number of carboxylic acids is 1. The minimum Gasteiger partial charge on any atom is -0.479 e. The SMILES string of the molecule is CCCN1CCC([P+](=O)Cc2ccccc2)[C@]1(C(=O)O)C(=O)[C@H](C)N. The highest BCUT2D eigenvalue weighted by molar-refractivity contribution is 7.45. The zero-order chi connectivity index (χ0) is 18.6. The molecule has 1 aromatic carbocycles. The van der Waals surface area contributed by atoms with Crippen LogP contribution >= 0.6 is 7.80 Å². The Balaban J connectivity index is 2.41. The molecule has 1 heterocycles. The maximum absolute atomic E-state index is 13.1. The van der Waals surface area contributed by atoms with Gasteiger partial charge in [-0.05, 0) is 25.5 Å². The number of hydrogen-bond donors (Lipinski definition) is 2. The average molecular weight is 365 g/mol. The second kappa shape index (κ2) is 8.17. The van der Waals surface area contributed by atoms with Gasteiger partial charge in [-0.2, -0.15) is 0 Å². The number of nitrogens with zero attached hydrogens (tertiary/aromatic N) is 1. The molecule has 25 heavy (non-hydrogen) atoms. The molecule has 7 heteroatoms. The predicted molar refractivity (Wildman–Crippen MR) is 97.0 cm³/mol. The van der Waals surface area contributed by atoms with Crippen LogP contribution in [0.5, 0.6) is 0 Å². The number of likely N-dealkylation sites (tertiary alicyclic amines) is 1. The maximum Gasteiger partial charge on any atom is 0.349 e. The van der Waals surface area contributed by atoms with Crippen molar-refractivity contribution in [3.63, 3.8) is 0 Å². The van der Waals surface area contributed by atoms with E-state index in [0.29, 0.717) is 25.9 Å². The van der Waals surface area contributed by atoms with Crippen molar-refractivity contribution in [3.8, 4) is 0 Å². The molecule has 2 rings (SSSR count). The first kappa shape index (κ1) is 19.7. The lowest BCUT2D eigenvalue weighted by atomic mass is 9.86. The van der Waals surface area contributed by atoms with Crippen LogP contribution in [-0.4, -0.2) is 52.1 Å². The molecule has 1 aliphatic heterocycles. The number of rotatable bonds is 8. The predicted octanol–water partition coefficient (Wildman–Crippen LogP) is 2.24. The Morgan fingerprint density at radius 2 is 2.04 bits per heavy atom. The van der Waals surface area contributed by atoms with Gasteiger partial charge in [-0.3, -0.25) is 9.69 Å². The summed E-state index contributed by atoms with van der Waals surface area (Å²) in [4.78, 5) is 26.8. The van der Waals surface area contributed by atoms with Gasteiger partial charge in [0, 0.05) is 13.0 Å². The first-order valence-electron chi connectivity index (χ1n) is 8.61. The van der Waals surface area contributed by atoms with Crippen molar-refractivity contribution in [2.75, 3.05) is 13.1 Å². The van der Waals surface area contributed by atoms with Crippen molar-refractivity contribution in [2.45, 2.75) is 50.1 Å². The van der Waals surface area contributed by atoms with E-state index < -0.39 is 36.8 Å². The maximum atomic E-state index is 13.1. The third-order valence-corrected chi connectivity index (χ3v) is 6.80. The normalized spacial score (nSPS) is 25.6. The summed E-state index contributed by atoms with van der Waals surface area (Å²) in [6.45, 7) is 4.34. The van der Waals surface area contributed by atoms with E-state index >= 15 is 0 Å². The van der Waals surface area contributed by atoms with Crippen molar-refractivity contribution in [3.05, 3.63) is 35.9 Å². The minimum atomic E-state index is -1.92. The molecule has 0 radical (unpaired) electrons. The Morgan fingerprint density at radius 1 is 1.40 bits per heavy atom. The lowest BCUT2D eigenvalue weighted by molar-refractivity contribution is -0.156. The number of Topliss-reactive ketones (excluding diaryl/α,β-unsaturated/α-hetero) is 1. The van der Waals surface area contributed by atoms with E-state index in [-0.39, 0.29) is 6.16 Å². The molecule has 0 bridgehead atoms. The zero-order valence-electron chi connectivity index (χ0n) is 14.7.